The number of hydrogen-bond acceptors (Lipinski definition) is 1. The van der Waals surface area contributed by atoms with Gasteiger partial charge in [-0.3, -0.25) is 0 Å². The Morgan fingerprint density at radius 2 is 2.00 bits per heavy atom. The molecular formula is C10H12BrClO. The van der Waals surface area contributed by atoms with Crippen molar-refractivity contribution in [2.75, 3.05) is 5.88 Å². The molecule has 0 N–H and O–H groups in total. The SMILES string of the molecule is CC(CCl)Oc1ccc(CBr)cc1. The quantitative estimate of drug-likeness (QED) is 0.755. The maximum Gasteiger partial charge on any atom is 0.119 e. The minimum Gasteiger partial charge on any atom is -0.489 e. The Hall–Kier alpha value is -0.210. The number of ether oxygens (including phenoxy) is 1. The minimum absolute atomic E-state index is 0.0662. The topological polar surface area (TPSA) is 9.23 Å². The van der Waals surface area contributed by atoms with E-state index < -0.39 is 0 Å². The number of alkyl halides is 2. The molecule has 1 aromatic carbocycles. The average Bonchev–Trinajstić information content (AvgIpc) is 2.19. The van der Waals surface area contributed by atoms with Crippen molar-refractivity contribution in [1.29, 1.82) is 0 Å². The fourth-order valence-corrected chi connectivity index (χ4v) is 1.36. The van der Waals surface area contributed by atoms with Crippen LogP contribution in [-0.4, -0.2) is 12.0 Å². The molecule has 1 rings (SSSR count). The van der Waals surface area contributed by atoms with Crippen LogP contribution in [0.2, 0.25) is 0 Å². The van der Waals surface area contributed by atoms with E-state index in [0.717, 1.165) is 11.1 Å². The highest BCUT2D eigenvalue weighted by molar-refractivity contribution is 9.08. The van der Waals surface area contributed by atoms with E-state index in [1.165, 1.54) is 5.56 Å². The zero-order chi connectivity index (χ0) is 9.68. The Bertz CT molecular complexity index is 248. The summed E-state index contributed by atoms with van der Waals surface area (Å²) in [6.45, 7) is 1.95. The van der Waals surface area contributed by atoms with Crippen molar-refractivity contribution < 1.29 is 4.74 Å². The summed E-state index contributed by atoms with van der Waals surface area (Å²) in [4.78, 5) is 0. The van der Waals surface area contributed by atoms with Gasteiger partial charge in [0, 0.05) is 5.33 Å². The molecule has 0 aromatic heterocycles. The first-order valence-corrected chi connectivity index (χ1v) is 5.79. The maximum atomic E-state index is 5.63. The molecule has 0 bridgehead atoms. The van der Waals surface area contributed by atoms with E-state index >= 15 is 0 Å². The summed E-state index contributed by atoms with van der Waals surface area (Å²) in [5.41, 5.74) is 1.24. The molecule has 1 aromatic rings. The minimum atomic E-state index is 0.0662. The lowest BCUT2D eigenvalue weighted by molar-refractivity contribution is 0.245. The molecule has 0 aliphatic rings. The molecule has 1 nitrogen and oxygen atoms in total. The largest absolute Gasteiger partial charge is 0.489 e. The predicted molar refractivity (Wildman–Crippen MR) is 59.9 cm³/mol. The number of hydrogen-bond donors (Lipinski definition) is 0. The Morgan fingerprint density at radius 3 is 2.46 bits per heavy atom. The fourth-order valence-electron chi connectivity index (χ4n) is 0.921. The zero-order valence-corrected chi connectivity index (χ0v) is 9.81. The Kier molecular flexibility index (Phi) is 4.60. The van der Waals surface area contributed by atoms with Gasteiger partial charge in [0.2, 0.25) is 0 Å². The van der Waals surface area contributed by atoms with Crippen LogP contribution in [0.4, 0.5) is 0 Å². The third-order valence-corrected chi connectivity index (χ3v) is 2.71. The summed E-state index contributed by atoms with van der Waals surface area (Å²) in [5.74, 6) is 1.39. The van der Waals surface area contributed by atoms with Crippen LogP contribution >= 0.6 is 27.5 Å². The van der Waals surface area contributed by atoms with E-state index in [2.05, 4.69) is 15.9 Å². The highest BCUT2D eigenvalue weighted by Gasteiger charge is 2.01. The van der Waals surface area contributed by atoms with E-state index in [0.29, 0.717) is 5.88 Å². The van der Waals surface area contributed by atoms with Crippen molar-refractivity contribution in [3.63, 3.8) is 0 Å². The smallest absolute Gasteiger partial charge is 0.119 e. The highest BCUT2D eigenvalue weighted by Crippen LogP contribution is 2.15. The van der Waals surface area contributed by atoms with Crippen LogP contribution in [0.3, 0.4) is 0 Å². The second-order valence-corrected chi connectivity index (χ2v) is 3.73. The van der Waals surface area contributed by atoms with Gasteiger partial charge in [-0.2, -0.15) is 0 Å². The third-order valence-electron chi connectivity index (χ3n) is 1.63. The molecule has 13 heavy (non-hydrogen) atoms. The Morgan fingerprint density at radius 1 is 1.38 bits per heavy atom. The molecule has 0 fully saturated rings. The van der Waals surface area contributed by atoms with Gasteiger partial charge in [0.1, 0.15) is 11.9 Å². The molecular weight excluding hydrogens is 251 g/mol. The lowest BCUT2D eigenvalue weighted by atomic mass is 10.2. The molecule has 0 spiro atoms. The first kappa shape index (κ1) is 10.9. The average molecular weight is 264 g/mol. The number of benzene rings is 1. The molecule has 3 heteroatoms. The number of rotatable bonds is 4. The van der Waals surface area contributed by atoms with Crippen LogP contribution in [-0.2, 0) is 5.33 Å². The van der Waals surface area contributed by atoms with Gasteiger partial charge in [-0.1, -0.05) is 28.1 Å². The molecule has 0 aliphatic carbocycles. The van der Waals surface area contributed by atoms with Gasteiger partial charge in [-0.05, 0) is 24.6 Å². The van der Waals surface area contributed by atoms with E-state index in [1.807, 2.05) is 31.2 Å². The summed E-state index contributed by atoms with van der Waals surface area (Å²) < 4.78 is 5.52. The van der Waals surface area contributed by atoms with Gasteiger partial charge >= 0.3 is 0 Å². The summed E-state index contributed by atoms with van der Waals surface area (Å²) in [6, 6.07) is 7.98. The van der Waals surface area contributed by atoms with Gasteiger partial charge in [0.25, 0.3) is 0 Å². The van der Waals surface area contributed by atoms with Crippen molar-refractivity contribution in [2.24, 2.45) is 0 Å². The molecule has 0 radical (unpaired) electrons. The van der Waals surface area contributed by atoms with Gasteiger partial charge < -0.3 is 4.74 Å². The van der Waals surface area contributed by atoms with E-state index in [1.54, 1.807) is 0 Å². The van der Waals surface area contributed by atoms with Crippen LogP contribution in [0, 0.1) is 0 Å². The third kappa shape index (κ3) is 3.57. The highest BCUT2D eigenvalue weighted by atomic mass is 79.9. The van der Waals surface area contributed by atoms with Crippen molar-refractivity contribution in [2.45, 2.75) is 18.4 Å². The van der Waals surface area contributed by atoms with Crippen LogP contribution in [0.15, 0.2) is 24.3 Å². The van der Waals surface area contributed by atoms with Gasteiger partial charge in [-0.25, -0.2) is 0 Å². The Balaban J connectivity index is 2.58. The standard InChI is InChI=1S/C10H12BrClO/c1-8(7-12)13-10-4-2-9(6-11)3-5-10/h2-5,8H,6-7H2,1H3. The molecule has 0 aliphatic heterocycles. The van der Waals surface area contributed by atoms with Gasteiger partial charge in [0.05, 0.1) is 5.88 Å². The van der Waals surface area contributed by atoms with Gasteiger partial charge in [0.15, 0.2) is 0 Å². The monoisotopic (exact) mass is 262 g/mol. The first-order chi connectivity index (χ1) is 6.26. The van der Waals surface area contributed by atoms with Crippen LogP contribution in [0.5, 0.6) is 5.75 Å². The van der Waals surface area contributed by atoms with Crippen LogP contribution in [0.25, 0.3) is 0 Å². The van der Waals surface area contributed by atoms with Crippen LogP contribution < -0.4 is 4.74 Å². The second kappa shape index (κ2) is 5.51. The Labute approximate surface area is 92.2 Å². The summed E-state index contributed by atoms with van der Waals surface area (Å²) in [7, 11) is 0. The van der Waals surface area contributed by atoms with Crippen molar-refractivity contribution >= 4 is 27.5 Å². The second-order valence-electron chi connectivity index (χ2n) is 2.86. The molecule has 1 atom stereocenters. The lowest BCUT2D eigenvalue weighted by Crippen LogP contribution is -2.12. The maximum absolute atomic E-state index is 5.63. The molecule has 0 saturated carbocycles. The van der Waals surface area contributed by atoms with Gasteiger partial charge in [-0.15, -0.1) is 11.6 Å². The first-order valence-electron chi connectivity index (χ1n) is 4.13. The van der Waals surface area contributed by atoms with Crippen molar-refractivity contribution in [1.82, 2.24) is 0 Å². The summed E-state index contributed by atoms with van der Waals surface area (Å²) >= 11 is 9.01. The van der Waals surface area contributed by atoms with Crippen molar-refractivity contribution in [3.05, 3.63) is 29.8 Å². The zero-order valence-electron chi connectivity index (χ0n) is 7.47. The van der Waals surface area contributed by atoms with E-state index in [4.69, 9.17) is 16.3 Å². The molecule has 72 valence electrons. The summed E-state index contributed by atoms with van der Waals surface area (Å²) in [6.07, 6.45) is 0.0662. The molecule has 0 heterocycles. The normalized spacial score (nSPS) is 12.5. The molecule has 1 unspecified atom stereocenters. The number of halogens is 2. The molecule has 0 amide bonds. The predicted octanol–water partition coefficient (Wildman–Crippen LogP) is 3.59. The fraction of sp³-hybridized carbons (Fsp3) is 0.400. The lowest BCUT2D eigenvalue weighted by Gasteiger charge is -2.11. The van der Waals surface area contributed by atoms with Crippen LogP contribution in [0.1, 0.15) is 12.5 Å². The van der Waals surface area contributed by atoms with E-state index in [9.17, 15) is 0 Å². The van der Waals surface area contributed by atoms with E-state index in [-0.39, 0.29) is 6.10 Å². The van der Waals surface area contributed by atoms with Crippen molar-refractivity contribution in [3.8, 4) is 5.75 Å². The summed E-state index contributed by atoms with van der Waals surface area (Å²) in [5, 5.41) is 0.873. The molecule has 0 saturated heterocycles.